The molecule has 0 saturated carbocycles. The second-order valence-electron chi connectivity index (χ2n) is 6.66. The molecule has 0 radical (unpaired) electrons. The van der Waals surface area contributed by atoms with Gasteiger partial charge in [0.15, 0.2) is 11.6 Å². The minimum Gasteiger partial charge on any atom is -0.481 e. The van der Waals surface area contributed by atoms with Gasteiger partial charge in [0.1, 0.15) is 6.54 Å². The van der Waals surface area contributed by atoms with E-state index < -0.39 is 40.8 Å². The molecular weight excluding hydrogens is 481 g/mol. The molecule has 2 N–H and O–H groups in total. The number of carbonyl (C=O) groups excluding carboxylic acids is 1. The lowest BCUT2D eigenvalue weighted by Crippen LogP contribution is -2.43. The lowest BCUT2D eigenvalue weighted by molar-refractivity contribution is -0.139. The summed E-state index contributed by atoms with van der Waals surface area (Å²) in [5.41, 5.74) is 0.584. The molecule has 0 aliphatic heterocycles. The van der Waals surface area contributed by atoms with Crippen LogP contribution in [-0.4, -0.2) is 51.5 Å². The number of sulfonamides is 1. The van der Waals surface area contributed by atoms with Crippen LogP contribution in [0.2, 0.25) is 10.0 Å². The van der Waals surface area contributed by atoms with Crippen LogP contribution >= 0.6 is 23.2 Å². The van der Waals surface area contributed by atoms with Crippen molar-refractivity contribution in [2.24, 2.45) is 0 Å². The van der Waals surface area contributed by atoms with Crippen molar-refractivity contribution < 1.29 is 23.1 Å². The smallest absolute Gasteiger partial charge is 0.305 e. The van der Waals surface area contributed by atoms with E-state index >= 15 is 0 Å². The number of halogens is 2. The Bertz CT molecular complexity index is 1210. The maximum Gasteiger partial charge on any atom is 0.305 e. The van der Waals surface area contributed by atoms with Crippen LogP contribution in [0.15, 0.2) is 53.4 Å². The third-order valence-corrected chi connectivity index (χ3v) is 6.50. The van der Waals surface area contributed by atoms with Crippen molar-refractivity contribution >= 4 is 45.0 Å². The Morgan fingerprint density at radius 1 is 1.06 bits per heavy atom. The lowest BCUT2D eigenvalue weighted by atomic mass is 10.1. The van der Waals surface area contributed by atoms with Gasteiger partial charge in [-0.2, -0.15) is 9.52 Å². The number of carboxylic acid groups (broad SMARTS) is 1. The Morgan fingerprint density at radius 3 is 2.34 bits per heavy atom. The topological polar surface area (TPSA) is 144 Å². The molecular formula is C19H17Cl2N5O5S. The lowest BCUT2D eigenvalue weighted by Gasteiger charge is -2.15. The third kappa shape index (κ3) is 6.10. The van der Waals surface area contributed by atoms with Gasteiger partial charge in [0, 0.05) is 16.5 Å². The highest BCUT2D eigenvalue weighted by Gasteiger charge is 2.28. The molecule has 1 unspecified atom stereocenters. The number of carboxylic acids is 1. The molecule has 1 aromatic heterocycles. The van der Waals surface area contributed by atoms with Gasteiger partial charge < -0.3 is 5.11 Å². The Labute approximate surface area is 193 Å². The maximum absolute atomic E-state index is 12.7. The molecule has 168 valence electrons. The molecule has 0 saturated heterocycles. The largest absolute Gasteiger partial charge is 0.481 e. The summed E-state index contributed by atoms with van der Waals surface area (Å²) < 4.78 is 27.2. The number of ketones is 1. The first-order valence-electron chi connectivity index (χ1n) is 9.17. The van der Waals surface area contributed by atoms with Gasteiger partial charge in [0.2, 0.25) is 10.0 Å². The van der Waals surface area contributed by atoms with Crippen molar-refractivity contribution in [3.05, 3.63) is 70.0 Å². The van der Waals surface area contributed by atoms with Crippen molar-refractivity contribution in [1.82, 2.24) is 24.9 Å². The van der Waals surface area contributed by atoms with E-state index in [9.17, 15) is 18.0 Å². The van der Waals surface area contributed by atoms with Crippen LogP contribution in [0.3, 0.4) is 0 Å². The van der Waals surface area contributed by atoms with Crippen molar-refractivity contribution in [1.29, 1.82) is 0 Å². The van der Waals surface area contributed by atoms with E-state index in [1.54, 1.807) is 24.3 Å². The molecule has 0 bridgehead atoms. The van der Waals surface area contributed by atoms with Crippen LogP contribution in [0.5, 0.6) is 0 Å². The van der Waals surface area contributed by atoms with E-state index in [1.807, 2.05) is 0 Å². The molecule has 3 aromatic rings. The van der Waals surface area contributed by atoms with Gasteiger partial charge in [0.05, 0.1) is 17.4 Å². The van der Waals surface area contributed by atoms with E-state index in [2.05, 4.69) is 20.1 Å². The Hall–Kier alpha value is -2.86. The Morgan fingerprint density at radius 2 is 1.72 bits per heavy atom. The Kier molecular flexibility index (Phi) is 7.56. The molecule has 32 heavy (non-hydrogen) atoms. The van der Waals surface area contributed by atoms with Crippen molar-refractivity contribution in [2.75, 3.05) is 0 Å². The van der Waals surface area contributed by atoms with Gasteiger partial charge in [-0.15, -0.1) is 10.2 Å². The normalized spacial score (nSPS) is 12.4. The molecule has 2 aromatic carbocycles. The number of benzene rings is 2. The number of aromatic nitrogens is 4. The zero-order chi connectivity index (χ0) is 23.3. The number of carbonyl (C=O) groups is 2. The van der Waals surface area contributed by atoms with Crippen molar-refractivity contribution in [3.8, 4) is 0 Å². The molecule has 13 heteroatoms. The number of aliphatic carboxylic acids is 1. The minimum atomic E-state index is -4.12. The van der Waals surface area contributed by atoms with E-state index in [0.29, 0.717) is 15.6 Å². The minimum absolute atomic E-state index is 0.0963. The average Bonchev–Trinajstić information content (AvgIpc) is 3.17. The highest BCUT2D eigenvalue weighted by molar-refractivity contribution is 7.89. The molecule has 10 nitrogen and oxygen atoms in total. The second kappa shape index (κ2) is 10.2. The molecule has 0 aliphatic carbocycles. The van der Waals surface area contributed by atoms with Crippen LogP contribution in [0.25, 0.3) is 0 Å². The van der Waals surface area contributed by atoms with E-state index in [0.717, 1.165) is 4.80 Å². The molecule has 1 atom stereocenters. The van der Waals surface area contributed by atoms with Crippen molar-refractivity contribution in [3.63, 3.8) is 0 Å². The zero-order valence-electron chi connectivity index (χ0n) is 16.4. The first-order chi connectivity index (χ1) is 15.2. The number of tetrazole rings is 1. The highest BCUT2D eigenvalue weighted by Crippen LogP contribution is 2.25. The first-order valence-corrected chi connectivity index (χ1v) is 11.4. The number of hydrogen-bond acceptors (Lipinski definition) is 7. The van der Waals surface area contributed by atoms with Gasteiger partial charge in [-0.1, -0.05) is 47.5 Å². The zero-order valence-corrected chi connectivity index (χ0v) is 18.7. The summed E-state index contributed by atoms with van der Waals surface area (Å²) in [5, 5.41) is 21.7. The summed E-state index contributed by atoms with van der Waals surface area (Å²) in [5.74, 6) is -1.86. The summed E-state index contributed by atoms with van der Waals surface area (Å²) in [6.07, 6.45) is -0.590. The highest BCUT2D eigenvalue weighted by atomic mass is 35.5. The van der Waals surface area contributed by atoms with Crippen LogP contribution in [0.4, 0.5) is 0 Å². The van der Waals surface area contributed by atoms with Gasteiger partial charge >= 0.3 is 5.97 Å². The van der Waals surface area contributed by atoms with Crippen molar-refractivity contribution in [2.45, 2.75) is 30.3 Å². The predicted octanol–water partition coefficient (Wildman–Crippen LogP) is 1.96. The predicted molar refractivity (Wildman–Crippen MR) is 115 cm³/mol. The summed E-state index contributed by atoms with van der Waals surface area (Å²) >= 11 is 12.3. The Balaban J connectivity index is 1.74. The quantitative estimate of drug-likeness (QED) is 0.432. The molecule has 0 spiro atoms. The standard InChI is InChI=1S/C19H17Cl2N5O5S/c20-14-7-4-8-15(21)13(14)9-18-22-25-26(23-18)11-17(27)16(10-19(28)29)24-32(30,31)12-5-2-1-3-6-12/h1-8,16,24H,9-11H2,(H,28,29). The van der Waals surface area contributed by atoms with Crippen LogP contribution < -0.4 is 4.72 Å². The third-order valence-electron chi connectivity index (χ3n) is 4.31. The number of rotatable bonds is 10. The number of nitrogens with zero attached hydrogens (tertiary/aromatic N) is 4. The number of hydrogen-bond donors (Lipinski definition) is 2. The summed E-state index contributed by atoms with van der Waals surface area (Å²) in [4.78, 5) is 24.7. The second-order valence-corrected chi connectivity index (χ2v) is 9.19. The van der Waals surface area contributed by atoms with E-state index in [-0.39, 0.29) is 17.1 Å². The molecule has 0 amide bonds. The number of nitrogens with one attached hydrogen (secondary N) is 1. The monoisotopic (exact) mass is 497 g/mol. The van der Waals surface area contributed by atoms with Gasteiger partial charge in [-0.3, -0.25) is 9.59 Å². The fourth-order valence-electron chi connectivity index (χ4n) is 2.77. The van der Waals surface area contributed by atoms with Gasteiger partial charge in [0.25, 0.3) is 0 Å². The molecule has 3 rings (SSSR count). The maximum atomic E-state index is 12.7. The van der Waals surface area contributed by atoms with Crippen LogP contribution in [-0.2, 0) is 32.6 Å². The summed E-state index contributed by atoms with van der Waals surface area (Å²) in [7, 11) is -4.12. The average molecular weight is 498 g/mol. The van der Waals surface area contributed by atoms with Crippen LogP contribution in [0.1, 0.15) is 17.8 Å². The molecule has 0 aliphatic rings. The van der Waals surface area contributed by atoms with E-state index in [4.69, 9.17) is 28.3 Å². The summed E-state index contributed by atoms with van der Waals surface area (Å²) in [6, 6.07) is 10.8. The number of Topliss-reactive ketones (excluding diaryl/α,β-unsaturated/α-hetero) is 1. The molecule has 1 heterocycles. The van der Waals surface area contributed by atoms with E-state index in [1.165, 1.54) is 24.3 Å². The first kappa shape index (κ1) is 23.8. The van der Waals surface area contributed by atoms with Crippen LogP contribution in [0, 0.1) is 0 Å². The molecule has 0 fully saturated rings. The fraction of sp³-hybridized carbons (Fsp3) is 0.211. The summed E-state index contributed by atoms with van der Waals surface area (Å²) in [6.45, 7) is -0.488. The van der Waals surface area contributed by atoms with Gasteiger partial charge in [-0.05, 0) is 35.0 Å². The van der Waals surface area contributed by atoms with Gasteiger partial charge in [-0.25, -0.2) is 8.42 Å². The fourth-order valence-corrected chi connectivity index (χ4v) is 4.55. The SMILES string of the molecule is O=C(O)CC(NS(=O)(=O)c1ccccc1)C(=O)Cn1nnc(Cc2c(Cl)cccc2Cl)n1.